The van der Waals surface area contributed by atoms with Crippen molar-refractivity contribution in [1.29, 1.82) is 0 Å². The van der Waals surface area contributed by atoms with E-state index in [1.165, 1.54) is 24.8 Å². The second kappa shape index (κ2) is 8.32. The van der Waals surface area contributed by atoms with E-state index in [4.69, 9.17) is 0 Å². The standard InChI is InChI=1S/C23H35N3O/c1-25(16-19-7-3-2-4-8-19)17-20-10-13-26(14-11-20)22(27)23-12-6-5-9-21(23)15-24-18-23/h2-4,7-8,20-21,24H,5-6,9-18H2,1H3/t21-,23+/m0/s1. The smallest absolute Gasteiger partial charge is 0.230 e. The molecule has 1 saturated carbocycles. The Morgan fingerprint density at radius 2 is 1.96 bits per heavy atom. The van der Waals surface area contributed by atoms with Crippen molar-refractivity contribution in [3.05, 3.63) is 35.9 Å². The largest absolute Gasteiger partial charge is 0.342 e. The van der Waals surface area contributed by atoms with Crippen LogP contribution in [0.2, 0.25) is 0 Å². The van der Waals surface area contributed by atoms with Crippen LogP contribution >= 0.6 is 0 Å². The van der Waals surface area contributed by atoms with Crippen molar-refractivity contribution in [2.24, 2.45) is 17.3 Å². The SMILES string of the molecule is CN(Cc1ccccc1)CC1CCN(C(=O)[C@@]23CCCC[C@H]2CNC3)CC1. The Labute approximate surface area is 164 Å². The Kier molecular flexibility index (Phi) is 5.84. The number of rotatable bonds is 5. The molecule has 4 heteroatoms. The molecule has 1 aromatic carbocycles. The van der Waals surface area contributed by atoms with E-state index in [2.05, 4.69) is 52.5 Å². The monoisotopic (exact) mass is 369 g/mol. The lowest BCUT2D eigenvalue weighted by Crippen LogP contribution is -2.52. The summed E-state index contributed by atoms with van der Waals surface area (Å²) < 4.78 is 0. The summed E-state index contributed by atoms with van der Waals surface area (Å²) in [5.74, 6) is 1.76. The molecule has 1 aromatic rings. The number of likely N-dealkylation sites (tertiary alicyclic amines) is 1. The number of hydrogen-bond acceptors (Lipinski definition) is 3. The van der Waals surface area contributed by atoms with Gasteiger partial charge in [0.2, 0.25) is 5.91 Å². The second-order valence-electron chi connectivity index (χ2n) is 9.15. The van der Waals surface area contributed by atoms with Crippen LogP contribution in [0.3, 0.4) is 0 Å². The molecule has 4 nitrogen and oxygen atoms in total. The zero-order chi connectivity index (χ0) is 18.7. The Balaban J connectivity index is 1.28. The van der Waals surface area contributed by atoms with Crippen molar-refractivity contribution in [2.75, 3.05) is 39.8 Å². The quantitative estimate of drug-likeness (QED) is 0.866. The molecule has 4 rings (SSSR count). The zero-order valence-electron chi connectivity index (χ0n) is 16.8. The van der Waals surface area contributed by atoms with E-state index in [-0.39, 0.29) is 5.41 Å². The molecule has 0 spiro atoms. The van der Waals surface area contributed by atoms with Gasteiger partial charge < -0.3 is 15.1 Å². The number of carbonyl (C=O) groups excluding carboxylic acids is 1. The van der Waals surface area contributed by atoms with Crippen LogP contribution in [0.5, 0.6) is 0 Å². The molecule has 3 aliphatic rings. The van der Waals surface area contributed by atoms with Gasteiger partial charge in [0, 0.05) is 32.7 Å². The summed E-state index contributed by atoms with van der Waals surface area (Å²) in [4.78, 5) is 18.0. The number of amides is 1. The molecule has 148 valence electrons. The van der Waals surface area contributed by atoms with Crippen LogP contribution in [0.15, 0.2) is 30.3 Å². The highest BCUT2D eigenvalue weighted by Crippen LogP contribution is 2.45. The van der Waals surface area contributed by atoms with Crippen molar-refractivity contribution >= 4 is 5.91 Å². The summed E-state index contributed by atoms with van der Waals surface area (Å²) in [6, 6.07) is 10.7. The molecular formula is C23H35N3O. The molecule has 2 atom stereocenters. The molecule has 0 bridgehead atoms. The van der Waals surface area contributed by atoms with Gasteiger partial charge >= 0.3 is 0 Å². The molecule has 0 unspecified atom stereocenters. The minimum atomic E-state index is -0.0742. The Bertz CT molecular complexity index is 626. The number of nitrogens with one attached hydrogen (secondary N) is 1. The third-order valence-corrected chi connectivity index (χ3v) is 7.23. The fourth-order valence-electron chi connectivity index (χ4n) is 5.70. The first-order valence-corrected chi connectivity index (χ1v) is 10.9. The Morgan fingerprint density at radius 3 is 2.74 bits per heavy atom. The predicted molar refractivity (Wildman–Crippen MR) is 109 cm³/mol. The van der Waals surface area contributed by atoms with Crippen LogP contribution in [0.4, 0.5) is 0 Å². The molecule has 1 amide bonds. The highest BCUT2D eigenvalue weighted by atomic mass is 16.2. The molecule has 3 fully saturated rings. The first-order valence-electron chi connectivity index (χ1n) is 10.9. The van der Waals surface area contributed by atoms with Gasteiger partial charge in [-0.1, -0.05) is 43.2 Å². The van der Waals surface area contributed by atoms with Crippen LogP contribution in [-0.2, 0) is 11.3 Å². The maximum atomic E-state index is 13.4. The van der Waals surface area contributed by atoms with Gasteiger partial charge in [-0.25, -0.2) is 0 Å². The van der Waals surface area contributed by atoms with Crippen LogP contribution in [0.1, 0.15) is 44.1 Å². The van der Waals surface area contributed by atoms with E-state index in [0.29, 0.717) is 17.7 Å². The van der Waals surface area contributed by atoms with Gasteiger partial charge in [-0.3, -0.25) is 4.79 Å². The molecule has 0 aromatic heterocycles. The van der Waals surface area contributed by atoms with E-state index in [1.54, 1.807) is 0 Å². The van der Waals surface area contributed by atoms with Crippen molar-refractivity contribution in [3.63, 3.8) is 0 Å². The Hall–Kier alpha value is -1.39. The number of hydrogen-bond donors (Lipinski definition) is 1. The van der Waals surface area contributed by atoms with Crippen LogP contribution in [0.25, 0.3) is 0 Å². The Morgan fingerprint density at radius 1 is 1.19 bits per heavy atom. The summed E-state index contributed by atoms with van der Waals surface area (Å²) >= 11 is 0. The molecular weight excluding hydrogens is 334 g/mol. The fraction of sp³-hybridized carbons (Fsp3) is 0.696. The van der Waals surface area contributed by atoms with Crippen LogP contribution < -0.4 is 5.32 Å². The number of nitrogens with zero attached hydrogens (tertiary/aromatic N) is 2. The number of carbonyl (C=O) groups is 1. The minimum absolute atomic E-state index is 0.0742. The lowest BCUT2D eigenvalue weighted by atomic mass is 9.67. The summed E-state index contributed by atoms with van der Waals surface area (Å²) in [5.41, 5.74) is 1.30. The lowest BCUT2D eigenvalue weighted by Gasteiger charge is -2.43. The average Bonchev–Trinajstić information content (AvgIpc) is 3.14. The van der Waals surface area contributed by atoms with Crippen molar-refractivity contribution in [2.45, 2.75) is 45.1 Å². The minimum Gasteiger partial charge on any atom is -0.342 e. The maximum absolute atomic E-state index is 13.4. The van der Waals surface area contributed by atoms with Crippen molar-refractivity contribution in [3.8, 4) is 0 Å². The second-order valence-corrected chi connectivity index (χ2v) is 9.15. The topological polar surface area (TPSA) is 35.6 Å². The van der Waals surface area contributed by atoms with Gasteiger partial charge in [-0.05, 0) is 56.7 Å². The molecule has 2 heterocycles. The number of benzene rings is 1. The van der Waals surface area contributed by atoms with Crippen LogP contribution in [-0.4, -0.2) is 55.5 Å². The highest BCUT2D eigenvalue weighted by molar-refractivity contribution is 5.84. The normalized spacial score (nSPS) is 29.1. The van der Waals surface area contributed by atoms with Gasteiger partial charge in [-0.15, -0.1) is 0 Å². The number of fused-ring (bicyclic) bond motifs is 1. The molecule has 1 aliphatic carbocycles. The maximum Gasteiger partial charge on any atom is 0.230 e. The molecule has 2 saturated heterocycles. The summed E-state index contributed by atoms with van der Waals surface area (Å²) in [6.07, 6.45) is 7.17. The van der Waals surface area contributed by atoms with E-state index < -0.39 is 0 Å². The number of piperidine rings is 1. The van der Waals surface area contributed by atoms with E-state index in [0.717, 1.165) is 58.5 Å². The first-order chi connectivity index (χ1) is 13.2. The predicted octanol–water partition coefficient (Wildman–Crippen LogP) is 3.14. The summed E-state index contributed by atoms with van der Waals surface area (Å²) in [5, 5.41) is 3.53. The molecule has 0 radical (unpaired) electrons. The summed E-state index contributed by atoms with van der Waals surface area (Å²) in [7, 11) is 2.22. The first kappa shape index (κ1) is 18.9. The average molecular weight is 370 g/mol. The van der Waals surface area contributed by atoms with Gasteiger partial charge in [0.05, 0.1) is 5.41 Å². The van der Waals surface area contributed by atoms with E-state index in [9.17, 15) is 4.79 Å². The van der Waals surface area contributed by atoms with E-state index in [1.807, 2.05) is 0 Å². The van der Waals surface area contributed by atoms with Crippen molar-refractivity contribution in [1.82, 2.24) is 15.1 Å². The molecule has 1 N–H and O–H groups in total. The van der Waals surface area contributed by atoms with Crippen molar-refractivity contribution < 1.29 is 4.79 Å². The van der Waals surface area contributed by atoms with E-state index >= 15 is 0 Å². The van der Waals surface area contributed by atoms with Gasteiger partial charge in [0.25, 0.3) is 0 Å². The van der Waals surface area contributed by atoms with Gasteiger partial charge in [-0.2, -0.15) is 0 Å². The zero-order valence-corrected chi connectivity index (χ0v) is 16.8. The molecule has 27 heavy (non-hydrogen) atoms. The van der Waals surface area contributed by atoms with Gasteiger partial charge in [0.1, 0.15) is 0 Å². The molecule has 2 aliphatic heterocycles. The highest BCUT2D eigenvalue weighted by Gasteiger charge is 2.51. The third-order valence-electron chi connectivity index (χ3n) is 7.23. The fourth-order valence-corrected chi connectivity index (χ4v) is 5.70. The van der Waals surface area contributed by atoms with Gasteiger partial charge in [0.15, 0.2) is 0 Å². The lowest BCUT2D eigenvalue weighted by molar-refractivity contribution is -0.147. The third kappa shape index (κ3) is 4.07. The van der Waals surface area contributed by atoms with Crippen LogP contribution in [0, 0.1) is 17.3 Å². The summed E-state index contributed by atoms with van der Waals surface area (Å²) in [6.45, 7) is 6.01.